The maximum absolute atomic E-state index is 12.5. The zero-order valence-corrected chi connectivity index (χ0v) is 12.8. The molecule has 19 heavy (non-hydrogen) atoms. The number of nitrogens with zero attached hydrogens (tertiary/aromatic N) is 1. The van der Waals surface area contributed by atoms with E-state index in [9.17, 15) is 13.5 Å². The summed E-state index contributed by atoms with van der Waals surface area (Å²) in [5.41, 5.74) is -0.801. The molecule has 7 heteroatoms. The molecule has 4 nitrogen and oxygen atoms in total. The molecule has 0 atom stereocenters. The van der Waals surface area contributed by atoms with Crippen LogP contribution in [0.3, 0.4) is 0 Å². The quantitative estimate of drug-likeness (QED) is 0.909. The standard InChI is InChI=1S/C12H15Cl2NO3S/c1-12(16)5-7-15(8-6-12)19(17,18)10-4-2-3-9(13)11(10)14/h2-4,16H,5-8H2,1H3. The third-order valence-electron chi connectivity index (χ3n) is 3.33. The van der Waals surface area contributed by atoms with Crippen molar-refractivity contribution in [2.45, 2.75) is 30.3 Å². The molecular weight excluding hydrogens is 309 g/mol. The fourth-order valence-electron chi connectivity index (χ4n) is 2.03. The summed E-state index contributed by atoms with van der Waals surface area (Å²) in [4.78, 5) is 0.0169. The van der Waals surface area contributed by atoms with E-state index in [1.54, 1.807) is 19.1 Å². The van der Waals surface area contributed by atoms with Crippen LogP contribution in [0.4, 0.5) is 0 Å². The van der Waals surface area contributed by atoms with Crippen LogP contribution < -0.4 is 0 Å². The molecule has 1 N–H and O–H groups in total. The Morgan fingerprint density at radius 3 is 2.42 bits per heavy atom. The summed E-state index contributed by atoms with van der Waals surface area (Å²) in [6.45, 7) is 2.26. The molecule has 0 saturated carbocycles. The second-order valence-corrected chi connectivity index (χ2v) is 7.64. The maximum Gasteiger partial charge on any atom is 0.244 e. The molecule has 0 spiro atoms. The zero-order chi connectivity index (χ0) is 14.3. The van der Waals surface area contributed by atoms with Crippen molar-refractivity contribution in [3.05, 3.63) is 28.2 Å². The highest BCUT2D eigenvalue weighted by atomic mass is 35.5. The molecule has 0 bridgehead atoms. The van der Waals surface area contributed by atoms with Gasteiger partial charge in [0.25, 0.3) is 0 Å². The third-order valence-corrected chi connectivity index (χ3v) is 6.21. The SMILES string of the molecule is CC1(O)CCN(S(=O)(=O)c2cccc(Cl)c2Cl)CC1. The molecule has 1 aromatic rings. The lowest BCUT2D eigenvalue weighted by atomic mass is 9.95. The molecule has 0 amide bonds. The second-order valence-electron chi connectivity index (χ2n) is 4.95. The van der Waals surface area contributed by atoms with Crippen molar-refractivity contribution >= 4 is 33.2 Å². The first-order valence-corrected chi connectivity index (χ1v) is 8.10. The van der Waals surface area contributed by atoms with Crippen LogP contribution in [0.25, 0.3) is 0 Å². The van der Waals surface area contributed by atoms with Crippen molar-refractivity contribution in [2.75, 3.05) is 13.1 Å². The first kappa shape index (κ1) is 15.1. The van der Waals surface area contributed by atoms with Crippen molar-refractivity contribution in [2.24, 2.45) is 0 Å². The Hall–Kier alpha value is -0.330. The van der Waals surface area contributed by atoms with Gasteiger partial charge in [0.1, 0.15) is 4.90 Å². The molecule has 2 rings (SSSR count). The summed E-state index contributed by atoms with van der Waals surface area (Å²) in [7, 11) is -3.66. The minimum Gasteiger partial charge on any atom is -0.390 e. The van der Waals surface area contributed by atoms with Crippen molar-refractivity contribution < 1.29 is 13.5 Å². The Bertz CT molecular complexity index is 577. The van der Waals surface area contributed by atoms with Gasteiger partial charge < -0.3 is 5.11 Å². The summed E-state index contributed by atoms with van der Waals surface area (Å²) in [6, 6.07) is 4.54. The van der Waals surface area contributed by atoms with Gasteiger partial charge in [-0.25, -0.2) is 8.42 Å². The lowest BCUT2D eigenvalue weighted by molar-refractivity contribution is 0.0126. The average Bonchev–Trinajstić information content (AvgIpc) is 2.32. The van der Waals surface area contributed by atoms with Crippen LogP contribution in [-0.4, -0.2) is 36.5 Å². The minimum atomic E-state index is -3.66. The number of hydrogen-bond donors (Lipinski definition) is 1. The molecule has 1 fully saturated rings. The van der Waals surface area contributed by atoms with Crippen LogP contribution in [-0.2, 0) is 10.0 Å². The predicted octanol–water partition coefficient (Wildman–Crippen LogP) is 2.53. The van der Waals surface area contributed by atoms with Gasteiger partial charge in [-0.15, -0.1) is 0 Å². The Balaban J connectivity index is 2.31. The molecule has 106 valence electrons. The molecule has 1 saturated heterocycles. The van der Waals surface area contributed by atoms with E-state index < -0.39 is 15.6 Å². The maximum atomic E-state index is 12.5. The van der Waals surface area contributed by atoms with E-state index in [2.05, 4.69) is 0 Å². The van der Waals surface area contributed by atoms with Crippen LogP contribution in [0.1, 0.15) is 19.8 Å². The van der Waals surface area contributed by atoms with Crippen LogP contribution in [0.15, 0.2) is 23.1 Å². The lowest BCUT2D eigenvalue weighted by Crippen LogP contribution is -2.45. The second kappa shape index (κ2) is 5.22. The van der Waals surface area contributed by atoms with Gasteiger partial charge in [-0.3, -0.25) is 0 Å². The summed E-state index contributed by atoms with van der Waals surface area (Å²) in [5.74, 6) is 0. The van der Waals surface area contributed by atoms with E-state index in [-0.39, 0.29) is 28.0 Å². The van der Waals surface area contributed by atoms with Crippen LogP contribution in [0.2, 0.25) is 10.0 Å². The van der Waals surface area contributed by atoms with Crippen molar-refractivity contribution in [3.63, 3.8) is 0 Å². The molecule has 0 aliphatic carbocycles. The Kier molecular flexibility index (Phi) is 4.14. The average molecular weight is 324 g/mol. The van der Waals surface area contributed by atoms with Gasteiger partial charge in [0, 0.05) is 13.1 Å². The number of hydrogen-bond acceptors (Lipinski definition) is 3. The number of sulfonamides is 1. The van der Waals surface area contributed by atoms with Crippen LogP contribution in [0, 0.1) is 0 Å². The molecule has 1 aliphatic heterocycles. The van der Waals surface area contributed by atoms with Gasteiger partial charge in [-0.1, -0.05) is 29.3 Å². The van der Waals surface area contributed by atoms with Gasteiger partial charge in [0.05, 0.1) is 15.6 Å². The fourth-order valence-corrected chi connectivity index (χ4v) is 4.21. The minimum absolute atomic E-state index is 0.0169. The Morgan fingerprint density at radius 2 is 1.84 bits per heavy atom. The summed E-state index contributed by atoms with van der Waals surface area (Å²) in [6.07, 6.45) is 0.814. The van der Waals surface area contributed by atoms with Gasteiger partial charge in [-0.2, -0.15) is 4.31 Å². The van der Waals surface area contributed by atoms with Crippen LogP contribution >= 0.6 is 23.2 Å². The largest absolute Gasteiger partial charge is 0.390 e. The molecule has 0 unspecified atom stereocenters. The van der Waals surface area contributed by atoms with E-state index in [4.69, 9.17) is 23.2 Å². The highest BCUT2D eigenvalue weighted by Gasteiger charge is 2.35. The first-order chi connectivity index (χ1) is 8.74. The van der Waals surface area contributed by atoms with Gasteiger partial charge in [0.15, 0.2) is 0 Å². The van der Waals surface area contributed by atoms with E-state index >= 15 is 0 Å². The third kappa shape index (κ3) is 3.06. The van der Waals surface area contributed by atoms with Crippen molar-refractivity contribution in [1.82, 2.24) is 4.31 Å². The van der Waals surface area contributed by atoms with Gasteiger partial charge in [-0.05, 0) is 31.9 Å². The number of piperidine rings is 1. The molecule has 0 aromatic heterocycles. The Labute approximate surface area is 123 Å². The summed E-state index contributed by atoms with van der Waals surface area (Å²) in [5, 5.41) is 10.1. The van der Waals surface area contributed by atoms with Crippen molar-refractivity contribution in [3.8, 4) is 0 Å². The topological polar surface area (TPSA) is 57.6 Å². The number of rotatable bonds is 2. The highest BCUT2D eigenvalue weighted by molar-refractivity contribution is 7.89. The van der Waals surface area contributed by atoms with Crippen molar-refractivity contribution in [1.29, 1.82) is 0 Å². The molecule has 0 radical (unpaired) electrons. The first-order valence-electron chi connectivity index (χ1n) is 5.91. The number of halogens is 2. The summed E-state index contributed by atoms with van der Waals surface area (Å²) < 4.78 is 26.3. The zero-order valence-electron chi connectivity index (χ0n) is 10.4. The van der Waals surface area contributed by atoms with E-state index in [1.807, 2.05) is 0 Å². The van der Waals surface area contributed by atoms with Crippen LogP contribution in [0.5, 0.6) is 0 Å². The fraction of sp³-hybridized carbons (Fsp3) is 0.500. The molecule has 1 heterocycles. The molecular formula is C12H15Cl2NO3S. The predicted molar refractivity (Wildman–Crippen MR) is 75.1 cm³/mol. The molecule has 1 aromatic carbocycles. The summed E-state index contributed by atoms with van der Waals surface area (Å²) >= 11 is 11.8. The number of aliphatic hydroxyl groups is 1. The van der Waals surface area contributed by atoms with E-state index in [0.717, 1.165) is 0 Å². The highest BCUT2D eigenvalue weighted by Crippen LogP contribution is 2.33. The number of benzene rings is 1. The van der Waals surface area contributed by atoms with Gasteiger partial charge in [0.2, 0.25) is 10.0 Å². The lowest BCUT2D eigenvalue weighted by Gasteiger charge is -2.35. The van der Waals surface area contributed by atoms with E-state index in [0.29, 0.717) is 12.8 Å². The normalized spacial score (nSPS) is 20.4. The van der Waals surface area contributed by atoms with Gasteiger partial charge >= 0.3 is 0 Å². The Morgan fingerprint density at radius 1 is 1.26 bits per heavy atom. The smallest absolute Gasteiger partial charge is 0.244 e. The molecule has 1 aliphatic rings. The van der Waals surface area contributed by atoms with E-state index in [1.165, 1.54) is 10.4 Å². The monoisotopic (exact) mass is 323 g/mol.